The highest BCUT2D eigenvalue weighted by Crippen LogP contribution is 2.20. The molecule has 0 spiro atoms. The van der Waals surface area contributed by atoms with Crippen molar-refractivity contribution in [3.63, 3.8) is 0 Å². The van der Waals surface area contributed by atoms with Crippen LogP contribution in [0.3, 0.4) is 0 Å². The van der Waals surface area contributed by atoms with Crippen molar-refractivity contribution >= 4 is 23.6 Å². The molecule has 0 aromatic carbocycles. The molecule has 2 saturated heterocycles. The van der Waals surface area contributed by atoms with Crippen LogP contribution in [0.5, 0.6) is 0 Å². The van der Waals surface area contributed by atoms with Crippen molar-refractivity contribution in [1.29, 1.82) is 0 Å². The smallest absolute Gasteiger partial charge is 0.245 e. The number of hydrogen-bond donors (Lipinski definition) is 3. The number of carbonyl (C=O) groups excluding carboxylic acids is 4. The number of hydrogen-bond acceptors (Lipinski definition) is 4. The number of likely N-dealkylation sites (tertiary alicyclic amines) is 1. The second-order valence-electron chi connectivity index (χ2n) is 7.30. The van der Waals surface area contributed by atoms with Crippen LogP contribution in [0.1, 0.15) is 52.4 Å². The van der Waals surface area contributed by atoms with E-state index in [1.807, 2.05) is 13.8 Å². The summed E-state index contributed by atoms with van der Waals surface area (Å²) in [6.45, 7) is 4.40. The second-order valence-corrected chi connectivity index (χ2v) is 7.30. The Hall–Kier alpha value is -2.12. The molecule has 4 amide bonds. The lowest BCUT2D eigenvalue weighted by molar-refractivity contribution is -0.144. The molecule has 0 unspecified atom stereocenters. The van der Waals surface area contributed by atoms with Gasteiger partial charge in [0.05, 0.1) is 0 Å². The Morgan fingerprint density at radius 3 is 2.56 bits per heavy atom. The third-order valence-electron chi connectivity index (χ3n) is 4.75. The topological polar surface area (TPSA) is 122 Å². The molecule has 8 nitrogen and oxygen atoms in total. The third-order valence-corrected chi connectivity index (χ3v) is 4.75. The lowest BCUT2D eigenvalue weighted by atomic mass is 9.97. The maximum absolute atomic E-state index is 13.0. The lowest BCUT2D eigenvalue weighted by Gasteiger charge is -2.36. The normalized spacial score (nSPS) is 24.8. The van der Waals surface area contributed by atoms with Gasteiger partial charge in [-0.1, -0.05) is 13.8 Å². The zero-order chi connectivity index (χ0) is 18.6. The van der Waals surface area contributed by atoms with Crippen LogP contribution in [-0.2, 0) is 19.2 Å². The van der Waals surface area contributed by atoms with Crippen molar-refractivity contribution in [2.75, 3.05) is 6.54 Å². The van der Waals surface area contributed by atoms with Gasteiger partial charge in [-0.15, -0.1) is 0 Å². The molecule has 140 valence electrons. The van der Waals surface area contributed by atoms with E-state index in [1.165, 1.54) is 4.90 Å². The Morgan fingerprint density at radius 1 is 1.28 bits per heavy atom. The second kappa shape index (κ2) is 8.31. The molecule has 0 aromatic rings. The summed E-state index contributed by atoms with van der Waals surface area (Å²) >= 11 is 0. The lowest BCUT2D eigenvalue weighted by Crippen LogP contribution is -2.58. The monoisotopic (exact) mass is 352 g/mol. The number of piperidine rings is 1. The van der Waals surface area contributed by atoms with E-state index in [1.54, 1.807) is 0 Å². The van der Waals surface area contributed by atoms with Gasteiger partial charge in [-0.2, -0.15) is 0 Å². The zero-order valence-corrected chi connectivity index (χ0v) is 14.9. The van der Waals surface area contributed by atoms with E-state index in [2.05, 4.69) is 10.6 Å². The van der Waals surface area contributed by atoms with Crippen molar-refractivity contribution in [2.45, 2.75) is 70.5 Å². The number of nitrogens with two attached hydrogens (primary N) is 1. The maximum Gasteiger partial charge on any atom is 0.245 e. The van der Waals surface area contributed by atoms with Gasteiger partial charge in [0.25, 0.3) is 0 Å². The number of nitrogens with zero attached hydrogens (tertiary/aromatic N) is 1. The molecule has 2 aliphatic rings. The molecular weight excluding hydrogens is 324 g/mol. The summed E-state index contributed by atoms with van der Waals surface area (Å²) in [5, 5.41) is 5.38. The number of amides is 4. The minimum absolute atomic E-state index is 0.156. The average Bonchev–Trinajstić information content (AvgIpc) is 2.99. The first kappa shape index (κ1) is 19.2. The number of nitrogens with one attached hydrogen (secondary N) is 2. The van der Waals surface area contributed by atoms with Crippen LogP contribution in [0.25, 0.3) is 0 Å². The summed E-state index contributed by atoms with van der Waals surface area (Å²) in [7, 11) is 0. The molecule has 2 rings (SSSR count). The van der Waals surface area contributed by atoms with Crippen LogP contribution in [0.15, 0.2) is 0 Å². The first-order chi connectivity index (χ1) is 11.8. The molecule has 8 heteroatoms. The minimum atomic E-state index is -0.718. The highest BCUT2D eigenvalue weighted by Gasteiger charge is 2.37. The van der Waals surface area contributed by atoms with E-state index in [4.69, 9.17) is 5.73 Å². The number of carbonyl (C=O) groups is 4. The van der Waals surface area contributed by atoms with E-state index in [0.717, 1.165) is 12.8 Å². The summed E-state index contributed by atoms with van der Waals surface area (Å²) in [6, 6.07) is -1.92. The van der Waals surface area contributed by atoms with Gasteiger partial charge in [-0.25, -0.2) is 0 Å². The van der Waals surface area contributed by atoms with E-state index in [-0.39, 0.29) is 23.6 Å². The van der Waals surface area contributed by atoms with Gasteiger partial charge in [0, 0.05) is 13.0 Å². The van der Waals surface area contributed by atoms with Crippen LogP contribution in [0.2, 0.25) is 0 Å². The first-order valence-electron chi connectivity index (χ1n) is 8.99. The van der Waals surface area contributed by atoms with E-state index < -0.39 is 24.0 Å². The van der Waals surface area contributed by atoms with Gasteiger partial charge in [-0.3, -0.25) is 19.2 Å². The Kier molecular flexibility index (Phi) is 6.39. The van der Waals surface area contributed by atoms with Gasteiger partial charge in [0.2, 0.25) is 23.6 Å². The molecule has 0 aromatic heterocycles. The van der Waals surface area contributed by atoms with Gasteiger partial charge in [0.15, 0.2) is 0 Å². The van der Waals surface area contributed by atoms with E-state index in [0.29, 0.717) is 32.2 Å². The molecule has 0 aliphatic carbocycles. The number of primary amides is 1. The fraction of sp³-hybridized carbons (Fsp3) is 0.765. The molecule has 0 radical (unpaired) electrons. The van der Waals surface area contributed by atoms with Gasteiger partial charge in [0.1, 0.15) is 18.1 Å². The maximum atomic E-state index is 13.0. The fourth-order valence-electron chi connectivity index (χ4n) is 3.47. The van der Waals surface area contributed by atoms with E-state index >= 15 is 0 Å². The van der Waals surface area contributed by atoms with Crippen LogP contribution < -0.4 is 16.4 Å². The van der Waals surface area contributed by atoms with Crippen LogP contribution in [-0.4, -0.2) is 53.2 Å². The largest absolute Gasteiger partial charge is 0.368 e. The predicted octanol–water partition coefficient (Wildman–Crippen LogP) is -0.338. The summed E-state index contributed by atoms with van der Waals surface area (Å²) in [4.78, 5) is 49.9. The molecule has 0 bridgehead atoms. The molecular formula is C17H28N4O4. The van der Waals surface area contributed by atoms with Crippen LogP contribution in [0.4, 0.5) is 0 Å². The van der Waals surface area contributed by atoms with Crippen molar-refractivity contribution in [2.24, 2.45) is 11.7 Å². The van der Waals surface area contributed by atoms with Gasteiger partial charge >= 0.3 is 0 Å². The van der Waals surface area contributed by atoms with Gasteiger partial charge < -0.3 is 21.3 Å². The molecule has 3 atom stereocenters. The molecule has 2 fully saturated rings. The van der Waals surface area contributed by atoms with Crippen molar-refractivity contribution in [3.05, 3.63) is 0 Å². The summed E-state index contributed by atoms with van der Waals surface area (Å²) in [5.41, 5.74) is 5.45. The van der Waals surface area contributed by atoms with Crippen LogP contribution >= 0.6 is 0 Å². The third kappa shape index (κ3) is 4.93. The predicted molar refractivity (Wildman–Crippen MR) is 91.1 cm³/mol. The summed E-state index contributed by atoms with van der Waals surface area (Å²) < 4.78 is 0. The van der Waals surface area contributed by atoms with E-state index in [9.17, 15) is 19.2 Å². The molecule has 2 aliphatic heterocycles. The minimum Gasteiger partial charge on any atom is -0.368 e. The Morgan fingerprint density at radius 2 is 2.00 bits per heavy atom. The SMILES string of the molecule is CC(C)C[C@H](NC(=O)[C@@H]1CCC(=O)N1)C(=O)N1CCCC[C@H]1C(N)=O. The standard InChI is InChI=1S/C17H28N4O4/c1-10(2)9-12(20-16(24)11-6-7-14(22)19-11)17(25)21-8-4-3-5-13(21)15(18)23/h10-13H,3-9H2,1-2H3,(H2,18,23)(H,19,22)(H,20,24)/t11-,12-,13-/m0/s1. The van der Waals surface area contributed by atoms with Crippen molar-refractivity contribution in [1.82, 2.24) is 15.5 Å². The summed E-state index contributed by atoms with van der Waals surface area (Å²) in [5.74, 6) is -1.10. The summed E-state index contributed by atoms with van der Waals surface area (Å²) in [6.07, 6.45) is 3.44. The van der Waals surface area contributed by atoms with Crippen LogP contribution in [0, 0.1) is 5.92 Å². The number of rotatable bonds is 6. The molecule has 4 N–H and O–H groups in total. The first-order valence-corrected chi connectivity index (χ1v) is 8.99. The highest BCUT2D eigenvalue weighted by molar-refractivity contribution is 5.95. The Balaban J connectivity index is 2.09. The zero-order valence-electron chi connectivity index (χ0n) is 14.9. The van der Waals surface area contributed by atoms with Crippen molar-refractivity contribution < 1.29 is 19.2 Å². The Bertz CT molecular complexity index is 549. The molecule has 2 heterocycles. The molecule has 0 saturated carbocycles. The van der Waals surface area contributed by atoms with Gasteiger partial charge in [-0.05, 0) is 38.0 Å². The quantitative estimate of drug-likeness (QED) is 0.605. The average molecular weight is 352 g/mol. The van der Waals surface area contributed by atoms with Crippen molar-refractivity contribution in [3.8, 4) is 0 Å². The Labute approximate surface area is 147 Å². The highest BCUT2D eigenvalue weighted by atomic mass is 16.2. The fourth-order valence-corrected chi connectivity index (χ4v) is 3.47. The molecule has 25 heavy (non-hydrogen) atoms.